The molecule has 0 aliphatic rings. The minimum Gasteiger partial charge on any atom is -0.618 e. The number of alkyl halides is 6. The second kappa shape index (κ2) is 5.55. The molecule has 0 aliphatic heterocycles. The maximum absolute atomic E-state index is 12.3. The lowest BCUT2D eigenvalue weighted by Crippen LogP contribution is -2.39. The van der Waals surface area contributed by atoms with E-state index < -0.39 is 35.2 Å². The molecule has 0 aromatic carbocycles. The Kier molecular flexibility index (Phi) is 4.46. The predicted molar refractivity (Wildman–Crippen MR) is 53.2 cm³/mol. The van der Waals surface area contributed by atoms with Crippen molar-refractivity contribution in [3.05, 3.63) is 34.8 Å². The van der Waals surface area contributed by atoms with E-state index in [0.717, 1.165) is 6.07 Å². The molecule has 0 saturated carbocycles. The van der Waals surface area contributed by atoms with E-state index in [1.54, 1.807) is 0 Å². The Morgan fingerprint density at radius 3 is 2.25 bits per heavy atom. The molecule has 0 bridgehead atoms. The van der Waals surface area contributed by atoms with Gasteiger partial charge in [-0.3, -0.25) is 4.79 Å². The first-order chi connectivity index (χ1) is 9.01. The van der Waals surface area contributed by atoms with Gasteiger partial charge in [0.15, 0.2) is 6.20 Å². The van der Waals surface area contributed by atoms with Gasteiger partial charge >= 0.3 is 18.3 Å². The molecule has 1 heterocycles. The number of amides is 1. The molecule has 0 spiro atoms. The van der Waals surface area contributed by atoms with Crippen LogP contribution in [-0.2, 0) is 17.4 Å². The Labute approximate surface area is 108 Å². The van der Waals surface area contributed by atoms with Crippen LogP contribution in [-0.4, -0.2) is 18.6 Å². The molecule has 0 saturated heterocycles. The third-order valence-electron chi connectivity index (χ3n) is 2.22. The number of nitrogens with one attached hydrogen (secondary N) is 1. The number of carbonyl (C=O) groups is 1. The molecule has 1 aromatic heterocycles. The second-order valence-electron chi connectivity index (χ2n) is 3.75. The van der Waals surface area contributed by atoms with Crippen molar-refractivity contribution in [1.29, 1.82) is 0 Å². The normalized spacial score (nSPS) is 12.3. The van der Waals surface area contributed by atoms with E-state index in [9.17, 15) is 36.3 Å². The van der Waals surface area contributed by atoms with Crippen LogP contribution in [0.2, 0.25) is 0 Å². The van der Waals surface area contributed by atoms with Gasteiger partial charge in [-0.1, -0.05) is 0 Å². The largest absolute Gasteiger partial charge is 0.618 e. The average molecular weight is 302 g/mol. The summed E-state index contributed by atoms with van der Waals surface area (Å²) in [6.07, 6.45) is -9.45. The van der Waals surface area contributed by atoms with E-state index in [1.807, 2.05) is 0 Å². The Hall–Kier alpha value is -2.00. The molecule has 0 fully saturated rings. The lowest BCUT2D eigenvalue weighted by atomic mass is 10.2. The highest BCUT2D eigenvalue weighted by atomic mass is 19.4. The zero-order chi connectivity index (χ0) is 15.6. The first-order valence-corrected chi connectivity index (χ1v) is 5.16. The van der Waals surface area contributed by atoms with Crippen LogP contribution >= 0.6 is 0 Å². The summed E-state index contributed by atoms with van der Waals surface area (Å²) < 4.78 is 71.9. The van der Waals surface area contributed by atoms with Crippen LogP contribution in [0.3, 0.4) is 0 Å². The maximum atomic E-state index is 12.3. The molecule has 0 radical (unpaired) electrons. The highest BCUT2D eigenvalue weighted by molar-refractivity contribution is 5.81. The van der Waals surface area contributed by atoms with Crippen molar-refractivity contribution in [1.82, 2.24) is 5.32 Å². The average Bonchev–Trinajstić information content (AvgIpc) is 2.25. The second-order valence-corrected chi connectivity index (χ2v) is 3.75. The van der Waals surface area contributed by atoms with Crippen molar-refractivity contribution >= 4 is 5.91 Å². The van der Waals surface area contributed by atoms with Gasteiger partial charge in [0.1, 0.15) is 0 Å². The summed E-state index contributed by atoms with van der Waals surface area (Å²) in [5.41, 5.74) is -1.36. The molecule has 10 heteroatoms. The van der Waals surface area contributed by atoms with Gasteiger partial charge in [0, 0.05) is 18.2 Å². The number of carbonyl (C=O) groups excluding carboxylic acids is 1. The van der Waals surface area contributed by atoms with Crippen molar-refractivity contribution in [3.63, 3.8) is 0 Å². The summed E-state index contributed by atoms with van der Waals surface area (Å²) in [6, 6.07) is 1.48. The zero-order valence-corrected chi connectivity index (χ0v) is 9.68. The molecule has 4 nitrogen and oxygen atoms in total. The molecule has 1 N–H and O–H groups in total. The summed E-state index contributed by atoms with van der Waals surface area (Å²) >= 11 is 0. The Morgan fingerprint density at radius 1 is 1.20 bits per heavy atom. The van der Waals surface area contributed by atoms with Crippen LogP contribution in [0.5, 0.6) is 0 Å². The van der Waals surface area contributed by atoms with Gasteiger partial charge in [-0.15, -0.1) is 0 Å². The van der Waals surface area contributed by atoms with Crippen molar-refractivity contribution in [2.24, 2.45) is 0 Å². The Morgan fingerprint density at radius 2 is 1.80 bits per heavy atom. The van der Waals surface area contributed by atoms with Crippen LogP contribution in [0.15, 0.2) is 18.3 Å². The molecule has 112 valence electrons. The highest BCUT2D eigenvalue weighted by Crippen LogP contribution is 2.26. The van der Waals surface area contributed by atoms with E-state index in [4.69, 9.17) is 0 Å². The monoisotopic (exact) mass is 302 g/mol. The van der Waals surface area contributed by atoms with Gasteiger partial charge in [0.25, 0.3) is 5.69 Å². The Balaban J connectivity index is 2.63. The molecular weight excluding hydrogens is 294 g/mol. The number of hydrogen-bond acceptors (Lipinski definition) is 2. The number of halogens is 6. The molecule has 0 aliphatic carbocycles. The van der Waals surface area contributed by atoms with Crippen LogP contribution in [0.4, 0.5) is 26.3 Å². The summed E-state index contributed by atoms with van der Waals surface area (Å²) in [6.45, 7) is -0.455. The van der Waals surface area contributed by atoms with Gasteiger partial charge in [-0.2, -0.15) is 31.1 Å². The fraction of sp³-hybridized carbons (Fsp3) is 0.400. The Bertz CT molecular complexity index is 498. The SMILES string of the molecule is O=C(NCCc1ccc(C(F)(F)F)[n+]([O-])c1)C(F)(F)F. The predicted octanol–water partition coefficient (Wildman–Crippen LogP) is 1.56. The van der Waals surface area contributed by atoms with Gasteiger partial charge in [0.2, 0.25) is 0 Å². The third kappa shape index (κ3) is 4.28. The quantitative estimate of drug-likeness (QED) is 0.523. The number of hydrogen-bond donors (Lipinski definition) is 1. The van der Waals surface area contributed by atoms with Crippen molar-refractivity contribution in [2.75, 3.05) is 6.54 Å². The number of pyridine rings is 1. The van der Waals surface area contributed by atoms with E-state index >= 15 is 0 Å². The van der Waals surface area contributed by atoms with Crippen LogP contribution < -0.4 is 10.0 Å². The summed E-state index contributed by atoms with van der Waals surface area (Å²) in [4.78, 5) is 10.5. The standard InChI is InChI=1S/C10H8F6N2O2/c11-9(12,13)7-2-1-6(5-18(7)20)3-4-17-8(19)10(14,15)16/h1-2,5H,3-4H2,(H,17,19). The first-order valence-electron chi connectivity index (χ1n) is 5.16. The third-order valence-corrected chi connectivity index (χ3v) is 2.22. The van der Waals surface area contributed by atoms with E-state index in [-0.39, 0.29) is 12.0 Å². The number of rotatable bonds is 3. The lowest BCUT2D eigenvalue weighted by molar-refractivity contribution is -0.629. The van der Waals surface area contributed by atoms with E-state index in [2.05, 4.69) is 0 Å². The highest BCUT2D eigenvalue weighted by Gasteiger charge is 2.40. The summed E-state index contributed by atoms with van der Waals surface area (Å²) in [5.74, 6) is -2.15. The van der Waals surface area contributed by atoms with Crippen molar-refractivity contribution in [2.45, 2.75) is 18.8 Å². The molecule has 20 heavy (non-hydrogen) atoms. The zero-order valence-electron chi connectivity index (χ0n) is 9.68. The van der Waals surface area contributed by atoms with Gasteiger partial charge < -0.3 is 10.5 Å². The van der Waals surface area contributed by atoms with Gasteiger partial charge in [0.05, 0.1) is 0 Å². The van der Waals surface area contributed by atoms with Crippen LogP contribution in [0.25, 0.3) is 0 Å². The van der Waals surface area contributed by atoms with Crippen LogP contribution in [0.1, 0.15) is 11.3 Å². The van der Waals surface area contributed by atoms with Crippen molar-refractivity contribution < 1.29 is 35.9 Å². The van der Waals surface area contributed by atoms with E-state index in [1.165, 1.54) is 5.32 Å². The minimum absolute atomic E-state index is 0.0653. The van der Waals surface area contributed by atoms with Gasteiger partial charge in [-0.05, 0) is 12.5 Å². The summed E-state index contributed by atoms with van der Waals surface area (Å²) in [7, 11) is 0. The fourth-order valence-electron chi connectivity index (χ4n) is 1.31. The first kappa shape index (κ1) is 16.1. The van der Waals surface area contributed by atoms with Gasteiger partial charge in [-0.25, -0.2) is 0 Å². The molecule has 0 unspecified atom stereocenters. The summed E-state index contributed by atoms with van der Waals surface area (Å²) in [5, 5.41) is 12.6. The maximum Gasteiger partial charge on any atom is 0.478 e. The smallest absolute Gasteiger partial charge is 0.478 e. The van der Waals surface area contributed by atoms with Crippen molar-refractivity contribution in [3.8, 4) is 0 Å². The topological polar surface area (TPSA) is 56.0 Å². The molecule has 1 amide bonds. The van der Waals surface area contributed by atoms with E-state index in [0.29, 0.717) is 12.3 Å². The molecular formula is C10H8F6N2O2. The number of aromatic nitrogens is 1. The molecule has 1 aromatic rings. The minimum atomic E-state index is -5.03. The molecule has 0 atom stereocenters. The number of nitrogens with zero attached hydrogens (tertiary/aromatic N) is 1. The fourth-order valence-corrected chi connectivity index (χ4v) is 1.31. The molecule has 1 rings (SSSR count). The lowest BCUT2D eigenvalue weighted by Gasteiger charge is -2.10. The van der Waals surface area contributed by atoms with Crippen LogP contribution in [0, 0.1) is 5.21 Å².